The van der Waals surface area contributed by atoms with Gasteiger partial charge in [-0.25, -0.2) is 0 Å². The van der Waals surface area contributed by atoms with Gasteiger partial charge in [0, 0.05) is 5.41 Å². The molecule has 0 aromatic rings. The Balaban J connectivity index is 1.49. The SMILES string of the molecule is C=C(CC[C@@H](C(=O)O[C@@H]1O[C@H](CO)[C@@H](O)[C@H](O)[C@H]1O)[C@H]1C[C@H](O)[C@@]2(C)C3=C(CC[C@]12C)[C@@]1(C)CC[C@H](O)C(C)(C)[C@H]1CC3)C(C)C. The van der Waals surface area contributed by atoms with Crippen LogP contribution < -0.4 is 0 Å². The van der Waals surface area contributed by atoms with Crippen molar-refractivity contribution in [3.8, 4) is 0 Å². The zero-order valence-corrected chi connectivity index (χ0v) is 29.0. The highest BCUT2D eigenvalue weighted by molar-refractivity contribution is 5.73. The van der Waals surface area contributed by atoms with Crippen molar-refractivity contribution in [3.63, 3.8) is 0 Å². The van der Waals surface area contributed by atoms with E-state index in [1.807, 2.05) is 0 Å². The Bertz CT molecular complexity index is 1210. The normalized spacial score (nSPS) is 45.9. The van der Waals surface area contributed by atoms with E-state index < -0.39 is 66.1 Å². The Morgan fingerprint density at radius 1 is 0.935 bits per heavy atom. The first-order chi connectivity index (χ1) is 21.4. The molecule has 9 nitrogen and oxygen atoms in total. The largest absolute Gasteiger partial charge is 0.432 e. The molecule has 5 rings (SSSR count). The minimum absolute atomic E-state index is 0.0467. The summed E-state index contributed by atoms with van der Waals surface area (Å²) in [4.78, 5) is 14.2. The molecule has 9 heteroatoms. The van der Waals surface area contributed by atoms with E-state index in [2.05, 4.69) is 55.0 Å². The molecule has 1 heterocycles. The highest BCUT2D eigenvalue weighted by Gasteiger charge is 2.67. The highest BCUT2D eigenvalue weighted by atomic mass is 16.7. The average molecular weight is 649 g/mol. The Labute approximate surface area is 275 Å². The summed E-state index contributed by atoms with van der Waals surface area (Å²) in [6, 6.07) is 0. The monoisotopic (exact) mass is 648 g/mol. The van der Waals surface area contributed by atoms with Gasteiger partial charge >= 0.3 is 5.97 Å². The molecule has 0 aromatic carbocycles. The lowest BCUT2D eigenvalue weighted by Gasteiger charge is -2.62. The van der Waals surface area contributed by atoms with Crippen LogP contribution in [0.15, 0.2) is 23.3 Å². The number of rotatable bonds is 8. The second-order valence-electron chi connectivity index (χ2n) is 16.9. The number of hydrogen-bond acceptors (Lipinski definition) is 9. The molecule has 0 spiro atoms. The van der Waals surface area contributed by atoms with Crippen molar-refractivity contribution >= 4 is 5.97 Å². The summed E-state index contributed by atoms with van der Waals surface area (Å²) in [7, 11) is 0. The first kappa shape index (κ1) is 36.0. The summed E-state index contributed by atoms with van der Waals surface area (Å²) in [5, 5.41) is 64.0. The molecule has 0 aromatic heterocycles. The fourth-order valence-electron chi connectivity index (χ4n) is 10.8. The fraction of sp³-hybridized carbons (Fsp3) is 0.865. The van der Waals surface area contributed by atoms with Crippen LogP contribution in [0.1, 0.15) is 106 Å². The molecule has 0 amide bonds. The first-order valence-electron chi connectivity index (χ1n) is 17.6. The number of fused-ring (bicyclic) bond motifs is 4. The van der Waals surface area contributed by atoms with Gasteiger partial charge in [-0.3, -0.25) is 4.79 Å². The standard InChI is InChI=1S/C37H60O9/c1-19(2)20(3)9-10-21(32(44)46-33-31(43)30(42)29(41)25(18-38)45-33)24-17-28(40)37(8)23-11-12-26-34(4,5)27(39)14-15-35(26,6)22(23)13-16-36(24,37)7/h19,21,24-31,33,38-43H,3,9-18H2,1-2,4-8H3/t21-,24-,25-,26-,27+,28+,29-,30+,31-,33+,35-,36-,37-/m1/s1. The van der Waals surface area contributed by atoms with E-state index in [1.54, 1.807) is 0 Å². The Morgan fingerprint density at radius 3 is 2.24 bits per heavy atom. The molecule has 1 aliphatic heterocycles. The van der Waals surface area contributed by atoms with Gasteiger partial charge in [0.2, 0.25) is 6.29 Å². The summed E-state index contributed by atoms with van der Waals surface area (Å²) >= 11 is 0. The van der Waals surface area contributed by atoms with Crippen molar-refractivity contribution in [3.05, 3.63) is 23.3 Å². The van der Waals surface area contributed by atoms with Gasteiger partial charge in [-0.05, 0) is 91.8 Å². The molecule has 6 N–H and O–H groups in total. The van der Waals surface area contributed by atoms with Crippen LogP contribution in [0.3, 0.4) is 0 Å². The second-order valence-corrected chi connectivity index (χ2v) is 16.9. The van der Waals surface area contributed by atoms with Crippen LogP contribution in [0.25, 0.3) is 0 Å². The van der Waals surface area contributed by atoms with Gasteiger partial charge in [0.25, 0.3) is 0 Å². The third-order valence-electron chi connectivity index (χ3n) is 14.3. The summed E-state index contributed by atoms with van der Waals surface area (Å²) in [6.45, 7) is 19.0. The van der Waals surface area contributed by atoms with Gasteiger partial charge in [0.15, 0.2) is 0 Å². The molecule has 5 aliphatic rings. The van der Waals surface area contributed by atoms with Crippen molar-refractivity contribution in [2.45, 2.75) is 149 Å². The highest BCUT2D eigenvalue weighted by Crippen LogP contribution is 2.72. The molecule has 3 fully saturated rings. The van der Waals surface area contributed by atoms with Crippen molar-refractivity contribution in [2.75, 3.05) is 6.61 Å². The van der Waals surface area contributed by atoms with Crippen LogP contribution in [0, 0.1) is 45.3 Å². The van der Waals surface area contributed by atoms with Crippen LogP contribution in [0.2, 0.25) is 0 Å². The van der Waals surface area contributed by atoms with Gasteiger partial charge in [-0.2, -0.15) is 0 Å². The van der Waals surface area contributed by atoms with Crippen molar-refractivity contribution in [1.29, 1.82) is 0 Å². The van der Waals surface area contributed by atoms with Crippen LogP contribution in [0.5, 0.6) is 0 Å². The second kappa shape index (κ2) is 12.5. The number of aliphatic hydroxyl groups is 6. The predicted octanol–water partition coefficient (Wildman–Crippen LogP) is 4.02. The number of allylic oxidation sites excluding steroid dienone is 2. The first-order valence-corrected chi connectivity index (χ1v) is 17.6. The minimum atomic E-state index is -1.68. The van der Waals surface area contributed by atoms with Crippen molar-refractivity contribution in [2.24, 2.45) is 45.3 Å². The minimum Gasteiger partial charge on any atom is -0.432 e. The van der Waals surface area contributed by atoms with E-state index in [0.29, 0.717) is 25.2 Å². The maximum atomic E-state index is 14.2. The lowest BCUT2D eigenvalue weighted by molar-refractivity contribution is -0.294. The smallest absolute Gasteiger partial charge is 0.311 e. The lowest BCUT2D eigenvalue weighted by Crippen LogP contribution is -2.60. The van der Waals surface area contributed by atoms with E-state index in [9.17, 15) is 35.4 Å². The van der Waals surface area contributed by atoms with E-state index in [1.165, 1.54) is 11.1 Å². The Hall–Kier alpha value is -1.33. The molecule has 0 radical (unpaired) electrons. The predicted molar refractivity (Wildman–Crippen MR) is 173 cm³/mol. The topological polar surface area (TPSA) is 157 Å². The van der Waals surface area contributed by atoms with Crippen LogP contribution in [-0.2, 0) is 14.3 Å². The van der Waals surface area contributed by atoms with E-state index in [0.717, 1.165) is 44.1 Å². The molecule has 13 atom stereocenters. The zero-order valence-electron chi connectivity index (χ0n) is 29.0. The molecule has 1 saturated heterocycles. The maximum absolute atomic E-state index is 14.2. The van der Waals surface area contributed by atoms with Crippen molar-refractivity contribution < 1.29 is 44.9 Å². The number of carbonyl (C=O) groups is 1. The van der Waals surface area contributed by atoms with E-state index in [-0.39, 0.29) is 28.8 Å². The zero-order chi connectivity index (χ0) is 34.1. The lowest BCUT2D eigenvalue weighted by atomic mass is 9.43. The summed E-state index contributed by atoms with van der Waals surface area (Å²) in [6.07, 6.45) is -1.91. The van der Waals surface area contributed by atoms with Crippen molar-refractivity contribution in [1.82, 2.24) is 0 Å². The third kappa shape index (κ3) is 5.35. The number of ether oxygens (including phenoxy) is 2. The molecule has 46 heavy (non-hydrogen) atoms. The van der Waals surface area contributed by atoms with E-state index in [4.69, 9.17) is 9.47 Å². The maximum Gasteiger partial charge on any atom is 0.311 e. The molecule has 2 saturated carbocycles. The molecular weight excluding hydrogens is 588 g/mol. The molecule has 262 valence electrons. The third-order valence-corrected chi connectivity index (χ3v) is 14.3. The summed E-state index contributed by atoms with van der Waals surface area (Å²) in [5.74, 6) is -0.861. The average Bonchev–Trinajstić information content (AvgIpc) is 3.20. The fourth-order valence-corrected chi connectivity index (χ4v) is 10.8. The van der Waals surface area contributed by atoms with Gasteiger partial charge in [-0.1, -0.05) is 71.8 Å². The molecule has 0 bridgehead atoms. The quantitative estimate of drug-likeness (QED) is 0.169. The number of esters is 1. The van der Waals surface area contributed by atoms with E-state index >= 15 is 0 Å². The summed E-state index contributed by atoms with van der Waals surface area (Å²) in [5.41, 5.74) is 2.61. The molecule has 0 unspecified atom stereocenters. The van der Waals surface area contributed by atoms with Gasteiger partial charge in [-0.15, -0.1) is 0 Å². The number of carbonyl (C=O) groups excluding carboxylic acids is 1. The number of aliphatic hydroxyl groups excluding tert-OH is 6. The van der Waals surface area contributed by atoms with Crippen LogP contribution >= 0.6 is 0 Å². The summed E-state index contributed by atoms with van der Waals surface area (Å²) < 4.78 is 11.4. The van der Waals surface area contributed by atoms with Gasteiger partial charge < -0.3 is 40.1 Å². The Kier molecular flexibility index (Phi) is 9.79. The Morgan fingerprint density at radius 2 is 1.61 bits per heavy atom. The molecule has 4 aliphatic carbocycles. The van der Waals surface area contributed by atoms with Crippen LogP contribution in [0.4, 0.5) is 0 Å². The van der Waals surface area contributed by atoms with Crippen LogP contribution in [-0.4, -0.2) is 86.1 Å². The molecular formula is C37H60O9. The number of hydrogen-bond donors (Lipinski definition) is 6. The van der Waals surface area contributed by atoms with Gasteiger partial charge in [0.1, 0.15) is 24.4 Å². The van der Waals surface area contributed by atoms with Gasteiger partial charge in [0.05, 0.1) is 24.7 Å².